The topological polar surface area (TPSA) is 114 Å². The number of benzene rings is 2. The average Bonchev–Trinajstić information content (AvgIpc) is 3.10. The van der Waals surface area contributed by atoms with E-state index < -0.39 is 17.7 Å². The van der Waals surface area contributed by atoms with E-state index in [0.29, 0.717) is 12.8 Å². The molecule has 2 amide bonds. The number of aliphatic hydroxyl groups is 1. The van der Waals surface area contributed by atoms with E-state index in [9.17, 15) is 19.8 Å². The highest BCUT2D eigenvalue weighted by Gasteiger charge is 2.31. The quantitative estimate of drug-likeness (QED) is 0.374. The molecule has 0 spiro atoms. The van der Waals surface area contributed by atoms with Gasteiger partial charge in [-0.2, -0.15) is 0 Å². The molecule has 0 aliphatic carbocycles. The second-order valence-corrected chi connectivity index (χ2v) is 7.84. The van der Waals surface area contributed by atoms with Crippen molar-refractivity contribution in [2.45, 2.75) is 37.8 Å². The maximum absolute atomic E-state index is 12.7. The number of amides is 2. The van der Waals surface area contributed by atoms with E-state index in [2.05, 4.69) is 15.6 Å². The Morgan fingerprint density at radius 2 is 1.80 bits per heavy atom. The molecule has 0 saturated heterocycles. The van der Waals surface area contributed by atoms with Gasteiger partial charge in [0.25, 0.3) is 0 Å². The maximum atomic E-state index is 12.7. The number of carboxylic acid groups (broad SMARTS) is 1. The van der Waals surface area contributed by atoms with Crippen molar-refractivity contribution in [3.63, 3.8) is 0 Å². The molecule has 3 rings (SSSR count). The lowest BCUT2D eigenvalue weighted by molar-refractivity contribution is -0.123. The van der Waals surface area contributed by atoms with Crippen LogP contribution in [0.4, 0.5) is 4.79 Å². The van der Waals surface area contributed by atoms with Crippen molar-refractivity contribution in [3.8, 4) is 0 Å². The summed E-state index contributed by atoms with van der Waals surface area (Å²) in [6, 6.07) is 16.9. The molecule has 0 bridgehead atoms. The van der Waals surface area contributed by atoms with Crippen LogP contribution in [0.3, 0.4) is 0 Å². The monoisotopic (exact) mass is 409 g/mol. The summed E-state index contributed by atoms with van der Waals surface area (Å²) in [5.74, 6) is -0.318. The average molecular weight is 409 g/mol. The predicted molar refractivity (Wildman–Crippen MR) is 115 cm³/mol. The third-order valence-electron chi connectivity index (χ3n) is 5.13. The summed E-state index contributed by atoms with van der Waals surface area (Å²) in [5.41, 5.74) is 1.88. The Hall–Kier alpha value is -3.32. The van der Waals surface area contributed by atoms with Gasteiger partial charge >= 0.3 is 6.09 Å². The number of H-pyrrole nitrogens is 1. The summed E-state index contributed by atoms with van der Waals surface area (Å²) in [6.45, 7) is 1.51. The van der Waals surface area contributed by atoms with Crippen LogP contribution < -0.4 is 10.6 Å². The van der Waals surface area contributed by atoms with Gasteiger partial charge in [-0.15, -0.1) is 0 Å². The lowest BCUT2D eigenvalue weighted by atomic mass is 9.88. The minimum absolute atomic E-state index is 0.0515. The second-order valence-electron chi connectivity index (χ2n) is 7.84. The Bertz CT molecular complexity index is 1000. The first kappa shape index (κ1) is 21.4. The van der Waals surface area contributed by atoms with Crippen LogP contribution in [-0.2, 0) is 17.6 Å². The van der Waals surface area contributed by atoms with Gasteiger partial charge in [0.15, 0.2) is 0 Å². The van der Waals surface area contributed by atoms with E-state index in [-0.39, 0.29) is 18.9 Å². The Labute approximate surface area is 175 Å². The number of hydrogen-bond donors (Lipinski definition) is 5. The fourth-order valence-electron chi connectivity index (χ4n) is 3.80. The molecule has 2 unspecified atom stereocenters. The van der Waals surface area contributed by atoms with Gasteiger partial charge in [-0.1, -0.05) is 48.5 Å². The van der Waals surface area contributed by atoms with Gasteiger partial charge in [0, 0.05) is 23.5 Å². The van der Waals surface area contributed by atoms with Crippen LogP contribution in [0.5, 0.6) is 0 Å². The van der Waals surface area contributed by atoms with Gasteiger partial charge in [-0.05, 0) is 37.0 Å². The molecule has 7 heteroatoms. The zero-order valence-electron chi connectivity index (χ0n) is 16.9. The van der Waals surface area contributed by atoms with Crippen molar-refractivity contribution in [2.24, 2.45) is 0 Å². The molecule has 3 aromatic rings. The molecule has 30 heavy (non-hydrogen) atoms. The van der Waals surface area contributed by atoms with Crippen molar-refractivity contribution in [2.75, 3.05) is 6.61 Å². The minimum Gasteiger partial charge on any atom is -0.465 e. The molecule has 1 heterocycles. The zero-order valence-corrected chi connectivity index (χ0v) is 16.9. The summed E-state index contributed by atoms with van der Waals surface area (Å²) in [4.78, 5) is 27.3. The van der Waals surface area contributed by atoms with Gasteiger partial charge in [-0.3, -0.25) is 4.79 Å². The lowest BCUT2D eigenvalue weighted by Gasteiger charge is -2.30. The van der Waals surface area contributed by atoms with E-state index in [4.69, 9.17) is 0 Å². The Kier molecular flexibility index (Phi) is 6.74. The summed E-state index contributed by atoms with van der Waals surface area (Å²) in [5, 5.41) is 25.3. The van der Waals surface area contributed by atoms with E-state index in [1.165, 1.54) is 0 Å². The van der Waals surface area contributed by atoms with E-state index in [0.717, 1.165) is 22.0 Å². The first-order valence-electron chi connectivity index (χ1n) is 9.89. The van der Waals surface area contributed by atoms with Crippen LogP contribution in [0.1, 0.15) is 24.5 Å². The van der Waals surface area contributed by atoms with Crippen LogP contribution in [0.15, 0.2) is 60.8 Å². The highest BCUT2D eigenvalue weighted by molar-refractivity contribution is 5.84. The predicted octanol–water partition coefficient (Wildman–Crippen LogP) is 2.85. The number of para-hydroxylation sites is 1. The van der Waals surface area contributed by atoms with Crippen LogP contribution in [0, 0.1) is 0 Å². The molecule has 158 valence electrons. The van der Waals surface area contributed by atoms with Crippen molar-refractivity contribution < 1.29 is 19.8 Å². The smallest absolute Gasteiger partial charge is 0.405 e. The van der Waals surface area contributed by atoms with Crippen LogP contribution in [-0.4, -0.2) is 45.4 Å². The van der Waals surface area contributed by atoms with Crippen molar-refractivity contribution >= 4 is 22.9 Å². The normalized spacial score (nSPS) is 14.1. The number of carbonyl (C=O) groups excluding carboxylic acids is 1. The number of fused-ring (bicyclic) bond motifs is 1. The highest BCUT2D eigenvalue weighted by atomic mass is 16.4. The fraction of sp³-hybridized carbons (Fsp3) is 0.304. The van der Waals surface area contributed by atoms with Gasteiger partial charge in [-0.25, -0.2) is 4.79 Å². The van der Waals surface area contributed by atoms with E-state index in [1.807, 2.05) is 60.8 Å². The van der Waals surface area contributed by atoms with Gasteiger partial charge in [0.2, 0.25) is 5.91 Å². The molecule has 0 saturated carbocycles. The largest absolute Gasteiger partial charge is 0.465 e. The molecule has 2 atom stereocenters. The van der Waals surface area contributed by atoms with Gasteiger partial charge < -0.3 is 25.8 Å². The first-order valence-corrected chi connectivity index (χ1v) is 9.89. The molecule has 2 aromatic carbocycles. The van der Waals surface area contributed by atoms with Crippen molar-refractivity contribution in [3.05, 3.63) is 71.9 Å². The molecule has 1 aromatic heterocycles. The van der Waals surface area contributed by atoms with E-state index >= 15 is 0 Å². The number of hydrogen-bond acceptors (Lipinski definition) is 3. The standard InChI is InChI=1S/C23H27N3O4/c1-23(26-22(29)30,12-17-14-24-20-10-6-5-9-19(17)20)13-21(28)25-18(15-27)11-16-7-3-2-4-8-16/h2-10,14,18,24,26-27H,11-13,15H2,1H3,(H,25,28)(H,29,30). The van der Waals surface area contributed by atoms with Crippen molar-refractivity contribution in [1.82, 2.24) is 15.6 Å². The van der Waals surface area contributed by atoms with Crippen LogP contribution in [0.2, 0.25) is 0 Å². The zero-order chi connectivity index (χ0) is 21.6. The number of rotatable bonds is 9. The minimum atomic E-state index is -1.19. The molecular weight excluding hydrogens is 382 g/mol. The first-order chi connectivity index (χ1) is 14.4. The Morgan fingerprint density at radius 1 is 1.10 bits per heavy atom. The summed E-state index contributed by atoms with van der Waals surface area (Å²) in [7, 11) is 0. The van der Waals surface area contributed by atoms with Crippen LogP contribution in [0.25, 0.3) is 10.9 Å². The molecule has 7 nitrogen and oxygen atoms in total. The van der Waals surface area contributed by atoms with Gasteiger partial charge in [0.05, 0.1) is 18.2 Å². The third-order valence-corrected chi connectivity index (χ3v) is 5.13. The molecule has 0 aliphatic heterocycles. The van der Waals surface area contributed by atoms with Crippen LogP contribution >= 0.6 is 0 Å². The molecule has 0 aliphatic rings. The fourth-order valence-corrected chi connectivity index (χ4v) is 3.80. The summed E-state index contributed by atoms with van der Waals surface area (Å²) < 4.78 is 0. The number of carbonyl (C=O) groups is 2. The Balaban J connectivity index is 1.71. The summed E-state index contributed by atoms with van der Waals surface area (Å²) in [6.07, 6.45) is 1.45. The molecule has 0 fully saturated rings. The molecule has 5 N–H and O–H groups in total. The number of aromatic amines is 1. The number of aliphatic hydroxyl groups excluding tert-OH is 1. The number of nitrogens with one attached hydrogen (secondary N) is 3. The summed E-state index contributed by atoms with van der Waals surface area (Å²) >= 11 is 0. The SMILES string of the molecule is CC(CC(=O)NC(CO)Cc1ccccc1)(Cc1c[nH]c2ccccc12)NC(=O)O. The molecular formula is C23H27N3O4. The number of aromatic nitrogens is 1. The third kappa shape index (κ3) is 5.61. The van der Waals surface area contributed by atoms with E-state index in [1.54, 1.807) is 6.92 Å². The molecule has 0 radical (unpaired) electrons. The highest BCUT2D eigenvalue weighted by Crippen LogP contribution is 2.24. The Morgan fingerprint density at radius 3 is 2.50 bits per heavy atom. The second kappa shape index (κ2) is 9.45. The maximum Gasteiger partial charge on any atom is 0.405 e. The van der Waals surface area contributed by atoms with Crippen molar-refractivity contribution in [1.29, 1.82) is 0 Å². The lowest BCUT2D eigenvalue weighted by Crippen LogP contribution is -2.51. The van der Waals surface area contributed by atoms with Gasteiger partial charge in [0.1, 0.15) is 0 Å².